The van der Waals surface area contributed by atoms with Crippen molar-refractivity contribution in [3.8, 4) is 0 Å². The number of rotatable bonds is 42. The smallest absolute Gasteiger partial charge is 0.306 e. The van der Waals surface area contributed by atoms with Gasteiger partial charge in [-0.2, -0.15) is 0 Å². The first-order valence-electron chi connectivity index (χ1n) is 23.4. The quantitative estimate of drug-likeness (QED) is 0.0262. The number of nitrogens with zero attached hydrogens (tertiary/aromatic N) is 1. The van der Waals surface area contributed by atoms with E-state index >= 15 is 0 Å². The van der Waals surface area contributed by atoms with Crippen molar-refractivity contribution < 1.29 is 38.2 Å². The topological polar surface area (TPSA) is 102 Å². The zero-order valence-electron chi connectivity index (χ0n) is 37.3. The van der Waals surface area contributed by atoms with Gasteiger partial charge >= 0.3 is 11.9 Å². The average Bonchev–Trinajstić information content (AvgIpc) is 3.15. The summed E-state index contributed by atoms with van der Waals surface area (Å²) in [6.07, 6.45) is 43.7. The normalized spacial score (nSPS) is 13.1. The first-order chi connectivity index (χ1) is 27.1. The number of quaternary nitrogens is 1. The van der Waals surface area contributed by atoms with Gasteiger partial charge in [-0.05, 0) is 57.8 Å². The molecule has 0 amide bonds. The van der Waals surface area contributed by atoms with E-state index in [2.05, 4.69) is 38.2 Å². The van der Waals surface area contributed by atoms with E-state index in [9.17, 15) is 19.5 Å². The highest BCUT2D eigenvalue weighted by Gasteiger charge is 2.25. The maximum absolute atomic E-state index is 12.7. The van der Waals surface area contributed by atoms with Crippen molar-refractivity contribution in [1.29, 1.82) is 0 Å². The third-order valence-corrected chi connectivity index (χ3v) is 10.6. The van der Waals surface area contributed by atoms with Crippen LogP contribution in [0.5, 0.6) is 0 Å². The van der Waals surface area contributed by atoms with E-state index in [-0.39, 0.29) is 42.7 Å². The summed E-state index contributed by atoms with van der Waals surface area (Å²) < 4.78 is 17.1. The van der Waals surface area contributed by atoms with Crippen molar-refractivity contribution in [3.05, 3.63) is 24.3 Å². The average molecular weight is 792 g/mol. The molecule has 0 rings (SSSR count). The number of aliphatic carboxylic acids is 1. The number of ether oxygens (including phenoxy) is 3. The van der Waals surface area contributed by atoms with Crippen LogP contribution in [-0.4, -0.2) is 75.5 Å². The van der Waals surface area contributed by atoms with Crippen LogP contribution >= 0.6 is 0 Å². The number of hydrogen-bond donors (Lipinski definition) is 0. The lowest BCUT2D eigenvalue weighted by Crippen LogP contribution is -2.55. The Labute approximate surface area is 345 Å². The molecule has 0 aromatic heterocycles. The van der Waals surface area contributed by atoms with E-state index in [0.29, 0.717) is 19.3 Å². The molecular formula is C48H89NO7. The second-order valence-electron chi connectivity index (χ2n) is 17.0. The van der Waals surface area contributed by atoms with E-state index in [4.69, 9.17) is 14.2 Å². The molecule has 0 fully saturated rings. The molecule has 0 N–H and O–H groups in total. The Morgan fingerprint density at radius 3 is 1.36 bits per heavy atom. The maximum Gasteiger partial charge on any atom is 0.306 e. The van der Waals surface area contributed by atoms with Gasteiger partial charge in [0.1, 0.15) is 12.6 Å². The van der Waals surface area contributed by atoms with Crippen LogP contribution in [0.25, 0.3) is 0 Å². The minimum Gasteiger partial charge on any atom is -0.544 e. The Morgan fingerprint density at radius 2 is 0.911 bits per heavy atom. The number of esters is 2. The highest BCUT2D eigenvalue weighted by atomic mass is 16.6. The van der Waals surface area contributed by atoms with Gasteiger partial charge in [0, 0.05) is 19.3 Å². The molecule has 2 atom stereocenters. The van der Waals surface area contributed by atoms with Crippen LogP contribution in [0.4, 0.5) is 0 Å². The molecule has 0 aliphatic rings. The molecule has 2 unspecified atom stereocenters. The van der Waals surface area contributed by atoms with E-state index in [1.54, 1.807) is 21.1 Å². The molecule has 0 bridgehead atoms. The van der Waals surface area contributed by atoms with Crippen LogP contribution in [0.15, 0.2) is 24.3 Å². The summed E-state index contributed by atoms with van der Waals surface area (Å²) >= 11 is 0. The highest BCUT2D eigenvalue weighted by molar-refractivity contribution is 5.70. The lowest BCUT2D eigenvalue weighted by atomic mass is 10.0. The van der Waals surface area contributed by atoms with Gasteiger partial charge in [-0.15, -0.1) is 0 Å². The Balaban J connectivity index is 4.18. The van der Waals surface area contributed by atoms with Crippen LogP contribution in [0.2, 0.25) is 0 Å². The lowest BCUT2D eigenvalue weighted by Gasteiger charge is -2.34. The summed E-state index contributed by atoms with van der Waals surface area (Å²) in [7, 11) is 5.40. The summed E-state index contributed by atoms with van der Waals surface area (Å²) in [6.45, 7) is 4.61. The first-order valence-corrected chi connectivity index (χ1v) is 23.4. The Bertz CT molecular complexity index is 973. The summed E-state index contributed by atoms with van der Waals surface area (Å²) in [6, 6.07) is -0.727. The SMILES string of the molecule is CCCCCC/C=C/CCCC(=O)OCC(COCCC(C(=O)[O-])[N+](C)(C)C)OC(=O)CCCCCCCCC/C=C/CCCCCCCCCCCCCC. The van der Waals surface area contributed by atoms with Crippen LogP contribution < -0.4 is 5.11 Å². The van der Waals surface area contributed by atoms with E-state index in [0.717, 1.165) is 32.1 Å². The summed E-state index contributed by atoms with van der Waals surface area (Å²) in [4.78, 5) is 36.7. The van der Waals surface area contributed by atoms with Gasteiger partial charge in [-0.3, -0.25) is 9.59 Å². The van der Waals surface area contributed by atoms with Crippen molar-refractivity contribution in [2.24, 2.45) is 0 Å². The van der Waals surface area contributed by atoms with Gasteiger partial charge in [0.2, 0.25) is 0 Å². The fraction of sp³-hybridized carbons (Fsp3) is 0.854. The van der Waals surface area contributed by atoms with Crippen molar-refractivity contribution in [1.82, 2.24) is 0 Å². The van der Waals surface area contributed by atoms with Crippen LogP contribution in [0.1, 0.15) is 213 Å². The minimum atomic E-state index is -1.13. The molecule has 0 saturated heterocycles. The van der Waals surface area contributed by atoms with Gasteiger partial charge in [0.05, 0.1) is 40.3 Å². The monoisotopic (exact) mass is 792 g/mol. The van der Waals surface area contributed by atoms with Crippen molar-refractivity contribution in [3.63, 3.8) is 0 Å². The zero-order valence-corrected chi connectivity index (χ0v) is 37.3. The molecule has 56 heavy (non-hydrogen) atoms. The number of unbranched alkanes of at least 4 members (excludes halogenated alkanes) is 24. The number of likely N-dealkylation sites (N-methyl/N-ethyl adjacent to an activating group) is 1. The Kier molecular flexibility index (Phi) is 38.1. The molecule has 0 aromatic rings. The standard InChI is InChI=1S/C48H89NO7/c1-6-8-10-12-14-16-17-18-19-20-21-22-23-24-25-26-27-28-29-31-33-35-37-39-47(51)56-44(42-54-41-40-45(48(52)53)49(3,4)5)43-55-46(50)38-36-34-32-30-15-13-11-9-7-2/h24-25,30,32,44-45H,6-23,26-29,31,33-43H2,1-5H3/b25-24+,32-30+. The Morgan fingerprint density at radius 1 is 0.518 bits per heavy atom. The molecule has 0 spiro atoms. The largest absolute Gasteiger partial charge is 0.544 e. The van der Waals surface area contributed by atoms with Crippen molar-refractivity contribution in [2.75, 3.05) is 41.0 Å². The predicted octanol–water partition coefficient (Wildman–Crippen LogP) is 11.5. The number of allylic oxidation sites excluding steroid dienone is 4. The van der Waals surface area contributed by atoms with E-state index < -0.39 is 18.1 Å². The zero-order chi connectivity index (χ0) is 41.4. The molecule has 0 saturated carbocycles. The lowest BCUT2D eigenvalue weighted by molar-refractivity contribution is -0.889. The van der Waals surface area contributed by atoms with Gasteiger partial charge in [-0.25, -0.2) is 0 Å². The molecule has 0 aliphatic carbocycles. The predicted molar refractivity (Wildman–Crippen MR) is 231 cm³/mol. The van der Waals surface area contributed by atoms with E-state index in [1.165, 1.54) is 141 Å². The van der Waals surface area contributed by atoms with Gasteiger partial charge < -0.3 is 28.6 Å². The molecule has 0 aromatic carbocycles. The molecule has 8 heteroatoms. The second kappa shape index (κ2) is 39.6. The highest BCUT2D eigenvalue weighted by Crippen LogP contribution is 2.15. The van der Waals surface area contributed by atoms with Crippen molar-refractivity contribution in [2.45, 2.75) is 225 Å². The molecule has 0 aliphatic heterocycles. The third kappa shape index (κ3) is 37.4. The van der Waals surface area contributed by atoms with Crippen LogP contribution in [-0.2, 0) is 28.6 Å². The molecular weight excluding hydrogens is 703 g/mol. The molecule has 0 radical (unpaired) electrons. The van der Waals surface area contributed by atoms with Gasteiger partial charge in [0.25, 0.3) is 0 Å². The Hall–Kier alpha value is -2.19. The van der Waals surface area contributed by atoms with Crippen molar-refractivity contribution >= 4 is 17.9 Å². The number of carboxylic acids is 1. The molecule has 328 valence electrons. The number of hydrogen-bond acceptors (Lipinski definition) is 7. The molecule has 8 nitrogen and oxygen atoms in total. The summed E-state index contributed by atoms with van der Waals surface area (Å²) in [5.41, 5.74) is 0. The fourth-order valence-electron chi connectivity index (χ4n) is 6.89. The van der Waals surface area contributed by atoms with Crippen LogP contribution in [0.3, 0.4) is 0 Å². The maximum atomic E-state index is 12.7. The summed E-state index contributed by atoms with van der Waals surface area (Å²) in [5, 5.41) is 11.6. The second-order valence-corrected chi connectivity index (χ2v) is 17.0. The number of carbonyl (C=O) groups excluding carboxylic acids is 3. The van der Waals surface area contributed by atoms with Crippen LogP contribution in [0, 0.1) is 0 Å². The summed E-state index contributed by atoms with van der Waals surface area (Å²) in [5.74, 6) is -1.78. The number of carbonyl (C=O) groups is 3. The van der Waals surface area contributed by atoms with Gasteiger partial charge in [-0.1, -0.05) is 160 Å². The van der Waals surface area contributed by atoms with Gasteiger partial charge in [0.15, 0.2) is 6.10 Å². The number of carboxylic acid groups (broad SMARTS) is 1. The fourth-order valence-corrected chi connectivity index (χ4v) is 6.89. The van der Waals surface area contributed by atoms with E-state index in [1.807, 2.05) is 0 Å². The molecule has 0 heterocycles. The third-order valence-electron chi connectivity index (χ3n) is 10.6. The first kappa shape index (κ1) is 53.8. The minimum absolute atomic E-state index is 0.0330.